The molecule has 0 aliphatic carbocycles. The highest BCUT2D eigenvalue weighted by atomic mass is 32.2. The Morgan fingerprint density at radius 1 is 0.833 bits per heavy atom. The third kappa shape index (κ3) is 17.5. The molecule has 6 nitrogen and oxygen atoms in total. The summed E-state index contributed by atoms with van der Waals surface area (Å²) in [5.74, 6) is -0.330. The summed E-state index contributed by atoms with van der Waals surface area (Å²) in [6, 6.07) is 0. The maximum atomic E-state index is 11.3. The number of rotatable bonds is 20. The van der Waals surface area contributed by atoms with Crippen molar-refractivity contribution in [2.45, 2.75) is 103 Å². The molecule has 180 valence electrons. The van der Waals surface area contributed by atoms with Crippen molar-refractivity contribution in [3.05, 3.63) is 0 Å². The molecule has 0 bridgehead atoms. The molecule has 1 rings (SSSR count). The van der Waals surface area contributed by atoms with Crippen molar-refractivity contribution in [2.24, 2.45) is 0 Å². The van der Waals surface area contributed by atoms with Crippen molar-refractivity contribution in [1.82, 2.24) is 4.90 Å². The molecule has 0 aromatic carbocycles. The molecule has 1 heterocycles. The lowest BCUT2D eigenvalue weighted by Gasteiger charge is -2.30. The summed E-state index contributed by atoms with van der Waals surface area (Å²) >= 11 is 0. The molecule has 0 radical (unpaired) electrons. The number of nitrogens with zero attached hydrogens (tertiary/aromatic N) is 1. The molecule has 0 aromatic heterocycles. The maximum absolute atomic E-state index is 11.3. The number of hydrogen-bond donors (Lipinski definition) is 1. The number of unbranched alkanes of at least 4 members (excludes halogenated alkanes) is 13. The molecular formula is C23H47NO5S. The summed E-state index contributed by atoms with van der Waals surface area (Å²) in [5, 5.41) is 0. The second-order valence-electron chi connectivity index (χ2n) is 8.75. The minimum absolute atomic E-state index is 0.330. The summed E-state index contributed by atoms with van der Waals surface area (Å²) < 4.78 is 42.9. The minimum atomic E-state index is -4.03. The van der Waals surface area contributed by atoms with Gasteiger partial charge in [-0.25, -0.2) is 0 Å². The Morgan fingerprint density at radius 2 is 1.30 bits per heavy atom. The predicted octanol–water partition coefficient (Wildman–Crippen LogP) is 5.07. The van der Waals surface area contributed by atoms with Crippen molar-refractivity contribution in [2.75, 3.05) is 45.2 Å². The van der Waals surface area contributed by atoms with E-state index in [0.717, 1.165) is 25.9 Å². The topological polar surface area (TPSA) is 76.1 Å². The molecule has 30 heavy (non-hydrogen) atoms. The molecule has 1 saturated heterocycles. The van der Waals surface area contributed by atoms with E-state index in [2.05, 4.69) is 11.8 Å². The zero-order chi connectivity index (χ0) is 21.9. The molecule has 0 saturated carbocycles. The van der Waals surface area contributed by atoms with Crippen LogP contribution in [0.1, 0.15) is 96.8 Å². The summed E-state index contributed by atoms with van der Waals surface area (Å²) in [6.45, 7) is 6.24. The van der Waals surface area contributed by atoms with E-state index >= 15 is 0 Å². The van der Waals surface area contributed by atoms with E-state index in [1.807, 2.05) is 0 Å². The number of morpholine rings is 1. The molecule has 0 amide bonds. The average Bonchev–Trinajstić information content (AvgIpc) is 2.70. The van der Waals surface area contributed by atoms with Gasteiger partial charge in [0.15, 0.2) is 0 Å². The lowest BCUT2D eigenvalue weighted by molar-refractivity contribution is -0.00568. The van der Waals surface area contributed by atoms with Crippen LogP contribution in [0.3, 0.4) is 0 Å². The van der Waals surface area contributed by atoms with Crippen LogP contribution in [0, 0.1) is 0 Å². The maximum Gasteiger partial charge on any atom is 0.267 e. The first-order chi connectivity index (χ1) is 14.5. The highest BCUT2D eigenvalue weighted by Gasteiger charge is 2.22. The van der Waals surface area contributed by atoms with E-state index in [1.165, 1.54) is 77.0 Å². The molecule has 1 aliphatic rings. The second-order valence-corrected chi connectivity index (χ2v) is 10.2. The van der Waals surface area contributed by atoms with Gasteiger partial charge in [0, 0.05) is 26.2 Å². The van der Waals surface area contributed by atoms with Gasteiger partial charge in [-0.05, 0) is 6.42 Å². The fraction of sp³-hybridized carbons (Fsp3) is 1.00. The molecule has 1 aliphatic heterocycles. The van der Waals surface area contributed by atoms with Gasteiger partial charge in [-0.2, -0.15) is 8.42 Å². The highest BCUT2D eigenvalue weighted by Crippen LogP contribution is 2.13. The van der Waals surface area contributed by atoms with Gasteiger partial charge in [0.2, 0.25) is 0 Å². The van der Waals surface area contributed by atoms with Gasteiger partial charge in [0.05, 0.1) is 19.3 Å². The molecule has 1 fully saturated rings. The third-order valence-corrected chi connectivity index (χ3v) is 6.61. The van der Waals surface area contributed by atoms with Crippen LogP contribution >= 0.6 is 0 Å². The van der Waals surface area contributed by atoms with Crippen LogP contribution < -0.4 is 0 Å². The summed E-state index contributed by atoms with van der Waals surface area (Å²) in [6.07, 6.45) is 17.8. The van der Waals surface area contributed by atoms with Crippen molar-refractivity contribution < 1.29 is 22.4 Å². The summed E-state index contributed by atoms with van der Waals surface area (Å²) in [4.78, 5) is 2.14. The average molecular weight is 450 g/mol. The highest BCUT2D eigenvalue weighted by molar-refractivity contribution is 7.85. The summed E-state index contributed by atoms with van der Waals surface area (Å²) in [5.41, 5.74) is 0. The lowest BCUT2D eigenvalue weighted by Crippen LogP contribution is -2.43. The third-order valence-electron chi connectivity index (χ3n) is 5.81. The standard InChI is InChI=1S/C23H47NO5S/c1-2-3-4-5-6-7-8-9-10-11-12-13-14-15-18-29-23(22-30(25,26)27)21-24-16-19-28-20-17-24/h23H,2-22H2,1H3,(H,25,26,27). The predicted molar refractivity (Wildman–Crippen MR) is 124 cm³/mol. The van der Waals surface area contributed by atoms with Crippen molar-refractivity contribution in [1.29, 1.82) is 0 Å². The van der Waals surface area contributed by atoms with Crippen LogP contribution in [-0.2, 0) is 19.6 Å². The Kier molecular flexibility index (Phi) is 17.0. The molecule has 0 aromatic rings. The zero-order valence-electron chi connectivity index (χ0n) is 19.4. The Hall–Kier alpha value is -0.210. The Morgan fingerprint density at radius 3 is 1.77 bits per heavy atom. The van der Waals surface area contributed by atoms with Gasteiger partial charge in [0.25, 0.3) is 10.1 Å². The van der Waals surface area contributed by atoms with Crippen molar-refractivity contribution in [3.63, 3.8) is 0 Å². The van der Waals surface area contributed by atoms with E-state index in [0.29, 0.717) is 26.4 Å². The van der Waals surface area contributed by atoms with Crippen LogP contribution in [0.15, 0.2) is 0 Å². The normalized spacial score (nSPS) is 16.7. The number of ether oxygens (including phenoxy) is 2. The van der Waals surface area contributed by atoms with Crippen LogP contribution in [0.5, 0.6) is 0 Å². The first-order valence-corrected chi connectivity index (χ1v) is 14.0. The molecule has 7 heteroatoms. The Bertz CT molecular complexity index is 480. The fourth-order valence-corrected chi connectivity index (χ4v) is 4.68. The van der Waals surface area contributed by atoms with Gasteiger partial charge < -0.3 is 9.47 Å². The SMILES string of the molecule is CCCCCCCCCCCCCCCCOC(CN1CCOCC1)CS(=O)(=O)O. The minimum Gasteiger partial charge on any atom is -0.379 e. The quantitative estimate of drug-likeness (QED) is 0.206. The van der Waals surface area contributed by atoms with E-state index in [-0.39, 0.29) is 5.75 Å². The monoisotopic (exact) mass is 449 g/mol. The molecule has 1 N–H and O–H groups in total. The van der Waals surface area contributed by atoms with Gasteiger partial charge >= 0.3 is 0 Å². The van der Waals surface area contributed by atoms with Crippen LogP contribution in [0.25, 0.3) is 0 Å². The van der Waals surface area contributed by atoms with E-state index in [4.69, 9.17) is 9.47 Å². The van der Waals surface area contributed by atoms with Gasteiger partial charge in [-0.3, -0.25) is 9.45 Å². The largest absolute Gasteiger partial charge is 0.379 e. The van der Waals surface area contributed by atoms with Crippen LogP contribution in [-0.4, -0.2) is 69.2 Å². The van der Waals surface area contributed by atoms with Crippen LogP contribution in [0.2, 0.25) is 0 Å². The lowest BCUT2D eigenvalue weighted by atomic mass is 10.0. The zero-order valence-corrected chi connectivity index (χ0v) is 20.2. The van der Waals surface area contributed by atoms with Crippen LogP contribution in [0.4, 0.5) is 0 Å². The van der Waals surface area contributed by atoms with Gasteiger partial charge in [0.1, 0.15) is 5.75 Å². The first-order valence-electron chi connectivity index (χ1n) is 12.4. The van der Waals surface area contributed by atoms with E-state index in [9.17, 15) is 13.0 Å². The molecule has 1 atom stereocenters. The van der Waals surface area contributed by atoms with Gasteiger partial charge in [-0.15, -0.1) is 0 Å². The van der Waals surface area contributed by atoms with E-state index in [1.54, 1.807) is 0 Å². The first kappa shape index (κ1) is 27.8. The Labute approximate surface area is 185 Å². The summed E-state index contributed by atoms with van der Waals surface area (Å²) in [7, 11) is -4.03. The fourth-order valence-electron chi connectivity index (χ4n) is 4.01. The van der Waals surface area contributed by atoms with E-state index < -0.39 is 16.2 Å². The Balaban J connectivity index is 1.97. The van der Waals surface area contributed by atoms with Crippen molar-refractivity contribution >= 4 is 10.1 Å². The second kappa shape index (κ2) is 18.4. The molecule has 1 unspecified atom stereocenters. The number of hydrogen-bond acceptors (Lipinski definition) is 5. The molecule has 0 spiro atoms. The molecular weight excluding hydrogens is 402 g/mol. The smallest absolute Gasteiger partial charge is 0.267 e. The van der Waals surface area contributed by atoms with Gasteiger partial charge in [-0.1, -0.05) is 90.4 Å². The van der Waals surface area contributed by atoms with Crippen molar-refractivity contribution in [3.8, 4) is 0 Å².